The lowest BCUT2D eigenvalue weighted by Crippen LogP contribution is -2.19. The third-order valence-corrected chi connectivity index (χ3v) is 3.35. The molecular weight excluding hydrogens is 194 g/mol. The highest BCUT2D eigenvalue weighted by molar-refractivity contribution is 7.11. The molecule has 0 radical (unpaired) electrons. The lowest BCUT2D eigenvalue weighted by atomic mass is 9.89. The predicted molar refractivity (Wildman–Crippen MR) is 60.7 cm³/mol. The van der Waals surface area contributed by atoms with E-state index in [2.05, 4.69) is 32.7 Å². The first-order valence-electron chi connectivity index (χ1n) is 4.96. The van der Waals surface area contributed by atoms with Crippen molar-refractivity contribution in [3.05, 3.63) is 16.1 Å². The molecule has 1 aromatic rings. The third-order valence-electron chi connectivity index (χ3n) is 2.17. The highest BCUT2D eigenvalue weighted by atomic mass is 32.1. The smallest absolute Gasteiger partial charge is 0.122 e. The fourth-order valence-electron chi connectivity index (χ4n) is 1.43. The van der Waals surface area contributed by atoms with E-state index in [1.165, 1.54) is 4.88 Å². The van der Waals surface area contributed by atoms with Gasteiger partial charge in [0.05, 0.1) is 0 Å². The average Bonchev–Trinajstić information content (AvgIpc) is 2.51. The van der Waals surface area contributed by atoms with Crippen molar-refractivity contribution in [1.82, 2.24) is 4.98 Å². The Kier molecular flexibility index (Phi) is 3.67. The zero-order chi connectivity index (χ0) is 10.8. The number of thiazole rings is 1. The van der Waals surface area contributed by atoms with Crippen LogP contribution in [0.1, 0.15) is 43.7 Å². The van der Waals surface area contributed by atoms with Crippen LogP contribution >= 0.6 is 11.3 Å². The Labute approximate surface area is 90.3 Å². The summed E-state index contributed by atoms with van der Waals surface area (Å²) in [7, 11) is 1.75. The first kappa shape index (κ1) is 11.7. The maximum atomic E-state index is 5.51. The molecular formula is C11H19NOS. The fourth-order valence-corrected chi connectivity index (χ4v) is 2.61. The Balaban J connectivity index is 2.90. The summed E-state index contributed by atoms with van der Waals surface area (Å²) in [6.45, 7) is 8.67. The van der Waals surface area contributed by atoms with Crippen molar-refractivity contribution in [2.24, 2.45) is 5.41 Å². The van der Waals surface area contributed by atoms with Crippen molar-refractivity contribution in [3.63, 3.8) is 0 Å². The quantitative estimate of drug-likeness (QED) is 0.767. The minimum atomic E-state index is 0.104. The van der Waals surface area contributed by atoms with Gasteiger partial charge in [-0.3, -0.25) is 0 Å². The van der Waals surface area contributed by atoms with Crippen LogP contribution in [0, 0.1) is 5.41 Å². The number of hydrogen-bond acceptors (Lipinski definition) is 3. The van der Waals surface area contributed by atoms with Crippen molar-refractivity contribution in [2.45, 2.75) is 40.2 Å². The summed E-state index contributed by atoms with van der Waals surface area (Å²) in [5, 5.41) is 1.09. The molecule has 1 rings (SSSR count). The summed E-state index contributed by atoms with van der Waals surface area (Å²) in [6.07, 6.45) is 3.11. The lowest BCUT2D eigenvalue weighted by Gasteiger charge is -2.27. The van der Waals surface area contributed by atoms with Crippen LogP contribution in [-0.2, 0) is 11.2 Å². The van der Waals surface area contributed by atoms with E-state index in [-0.39, 0.29) is 11.5 Å². The predicted octanol–water partition coefficient (Wildman–Crippen LogP) is 3.44. The van der Waals surface area contributed by atoms with Crippen molar-refractivity contribution in [3.8, 4) is 0 Å². The molecule has 1 heterocycles. The Morgan fingerprint density at radius 1 is 1.50 bits per heavy atom. The topological polar surface area (TPSA) is 22.1 Å². The number of aromatic nitrogens is 1. The van der Waals surface area contributed by atoms with Crippen LogP contribution in [0.3, 0.4) is 0 Å². The number of nitrogens with zero attached hydrogens (tertiary/aromatic N) is 1. The van der Waals surface area contributed by atoms with Gasteiger partial charge in [-0.1, -0.05) is 27.7 Å². The standard InChI is InChI=1S/C11H19NOS/c1-6-8-7-12-10(14-8)9(13-5)11(2,3)4/h7,9H,6H2,1-5H3. The Hall–Kier alpha value is -0.410. The molecule has 1 unspecified atom stereocenters. The number of hydrogen-bond donors (Lipinski definition) is 0. The van der Waals surface area contributed by atoms with E-state index in [0.717, 1.165) is 11.4 Å². The number of methoxy groups -OCH3 is 1. The number of aryl methyl sites for hydroxylation is 1. The van der Waals surface area contributed by atoms with E-state index in [0.29, 0.717) is 0 Å². The van der Waals surface area contributed by atoms with E-state index >= 15 is 0 Å². The van der Waals surface area contributed by atoms with E-state index < -0.39 is 0 Å². The zero-order valence-electron chi connectivity index (χ0n) is 9.63. The van der Waals surface area contributed by atoms with Gasteiger partial charge in [-0.15, -0.1) is 11.3 Å². The largest absolute Gasteiger partial charge is 0.374 e. The first-order valence-corrected chi connectivity index (χ1v) is 5.78. The summed E-state index contributed by atoms with van der Waals surface area (Å²) in [4.78, 5) is 5.74. The molecule has 14 heavy (non-hydrogen) atoms. The molecule has 0 aliphatic carbocycles. The molecule has 2 nitrogen and oxygen atoms in total. The van der Waals surface area contributed by atoms with Crippen molar-refractivity contribution in [2.75, 3.05) is 7.11 Å². The van der Waals surface area contributed by atoms with Crippen LogP contribution in [0.5, 0.6) is 0 Å². The highest BCUT2D eigenvalue weighted by Gasteiger charge is 2.28. The molecule has 0 amide bonds. The minimum absolute atomic E-state index is 0.104. The van der Waals surface area contributed by atoms with Gasteiger partial charge in [-0.25, -0.2) is 4.98 Å². The average molecular weight is 213 g/mol. The van der Waals surface area contributed by atoms with E-state index in [1.807, 2.05) is 6.20 Å². The maximum absolute atomic E-state index is 5.51. The van der Waals surface area contributed by atoms with Crippen LogP contribution in [-0.4, -0.2) is 12.1 Å². The van der Waals surface area contributed by atoms with Crippen LogP contribution in [0.25, 0.3) is 0 Å². The van der Waals surface area contributed by atoms with Gasteiger partial charge in [0.25, 0.3) is 0 Å². The van der Waals surface area contributed by atoms with Crippen LogP contribution in [0.4, 0.5) is 0 Å². The Morgan fingerprint density at radius 2 is 2.14 bits per heavy atom. The molecule has 3 heteroatoms. The molecule has 0 aromatic carbocycles. The van der Waals surface area contributed by atoms with Crippen LogP contribution in [0.2, 0.25) is 0 Å². The number of rotatable bonds is 3. The molecule has 0 N–H and O–H groups in total. The molecule has 0 aliphatic heterocycles. The first-order chi connectivity index (χ1) is 6.49. The number of ether oxygens (including phenoxy) is 1. The van der Waals surface area contributed by atoms with Gasteiger partial charge in [0.15, 0.2) is 0 Å². The molecule has 0 saturated heterocycles. The normalized spacial score (nSPS) is 14.4. The van der Waals surface area contributed by atoms with Gasteiger partial charge >= 0.3 is 0 Å². The molecule has 0 bridgehead atoms. The molecule has 0 saturated carbocycles. The van der Waals surface area contributed by atoms with E-state index in [4.69, 9.17) is 4.74 Å². The van der Waals surface area contributed by atoms with Crippen LogP contribution < -0.4 is 0 Å². The fraction of sp³-hybridized carbons (Fsp3) is 0.727. The van der Waals surface area contributed by atoms with Gasteiger partial charge in [0, 0.05) is 18.2 Å². The second-order valence-corrected chi connectivity index (χ2v) is 5.65. The van der Waals surface area contributed by atoms with E-state index in [9.17, 15) is 0 Å². The second-order valence-electron chi connectivity index (χ2n) is 4.50. The Bertz CT molecular complexity index is 288. The summed E-state index contributed by atoms with van der Waals surface area (Å²) in [5.74, 6) is 0. The SMILES string of the molecule is CCc1cnc(C(OC)C(C)(C)C)s1. The lowest BCUT2D eigenvalue weighted by molar-refractivity contribution is 0.0150. The third kappa shape index (κ3) is 2.55. The highest BCUT2D eigenvalue weighted by Crippen LogP contribution is 2.37. The van der Waals surface area contributed by atoms with Crippen molar-refractivity contribution < 1.29 is 4.74 Å². The molecule has 0 aliphatic rings. The second kappa shape index (κ2) is 4.41. The molecule has 1 atom stereocenters. The summed E-state index contributed by atoms with van der Waals surface area (Å²) < 4.78 is 5.51. The van der Waals surface area contributed by atoms with Gasteiger partial charge in [-0.2, -0.15) is 0 Å². The molecule has 1 aromatic heterocycles. The molecule has 0 fully saturated rings. The van der Waals surface area contributed by atoms with Gasteiger partial charge in [-0.05, 0) is 11.8 Å². The molecule has 0 spiro atoms. The van der Waals surface area contributed by atoms with Crippen molar-refractivity contribution in [1.29, 1.82) is 0 Å². The van der Waals surface area contributed by atoms with Gasteiger partial charge < -0.3 is 4.74 Å². The van der Waals surface area contributed by atoms with Crippen molar-refractivity contribution >= 4 is 11.3 Å². The van der Waals surface area contributed by atoms with Gasteiger partial charge in [0.2, 0.25) is 0 Å². The summed E-state index contributed by atoms with van der Waals surface area (Å²) >= 11 is 1.76. The molecule has 80 valence electrons. The maximum Gasteiger partial charge on any atom is 0.122 e. The summed E-state index contributed by atoms with van der Waals surface area (Å²) in [6, 6.07) is 0. The zero-order valence-corrected chi connectivity index (χ0v) is 10.4. The minimum Gasteiger partial charge on any atom is -0.374 e. The monoisotopic (exact) mass is 213 g/mol. The summed E-state index contributed by atoms with van der Waals surface area (Å²) in [5.41, 5.74) is 0.109. The Morgan fingerprint density at radius 3 is 2.50 bits per heavy atom. The van der Waals surface area contributed by atoms with Crippen LogP contribution in [0.15, 0.2) is 6.20 Å². The van der Waals surface area contributed by atoms with E-state index in [1.54, 1.807) is 18.4 Å². The van der Waals surface area contributed by atoms with Gasteiger partial charge in [0.1, 0.15) is 11.1 Å².